The van der Waals surface area contributed by atoms with Crippen molar-refractivity contribution in [3.05, 3.63) is 0 Å². The zero-order valence-electron chi connectivity index (χ0n) is 11.5. The van der Waals surface area contributed by atoms with Crippen LogP contribution >= 0.6 is 0 Å². The molecule has 1 fully saturated rings. The number of nitrogens with one attached hydrogen (secondary N) is 1. The minimum absolute atomic E-state index is 0.346. The van der Waals surface area contributed by atoms with Gasteiger partial charge >= 0.3 is 0 Å². The highest BCUT2D eigenvalue weighted by Gasteiger charge is 2.17. The van der Waals surface area contributed by atoms with Gasteiger partial charge in [-0.1, -0.05) is 13.3 Å². The lowest BCUT2D eigenvalue weighted by molar-refractivity contribution is 0.233. The maximum Gasteiger partial charge on any atom is 0.0431 e. The second-order valence-electron chi connectivity index (χ2n) is 5.23. The molecule has 0 bridgehead atoms. The fourth-order valence-electron chi connectivity index (χ4n) is 2.52. The molecule has 3 nitrogen and oxygen atoms in total. The molecule has 1 atom stereocenters. The number of unbranched alkanes of at least 4 members (excludes halogenated alkanes) is 3. The molecule has 0 saturated carbocycles. The molecule has 0 radical (unpaired) electrons. The molecule has 0 amide bonds. The smallest absolute Gasteiger partial charge is 0.0431 e. The highest BCUT2D eigenvalue weighted by Crippen LogP contribution is 2.09. The summed E-state index contributed by atoms with van der Waals surface area (Å²) in [7, 11) is 0. The molecule has 2 N–H and O–H groups in total. The molecule has 1 aliphatic heterocycles. The molecule has 1 unspecified atom stereocenters. The molecule has 0 aromatic carbocycles. The van der Waals surface area contributed by atoms with Gasteiger partial charge in [0.2, 0.25) is 0 Å². The Bertz CT molecular complexity index is 170. The Kier molecular flexibility index (Phi) is 8.67. The van der Waals surface area contributed by atoms with Gasteiger partial charge in [-0.15, -0.1) is 0 Å². The molecular formula is C14H30N2O. The fraction of sp³-hybridized carbons (Fsp3) is 1.00. The summed E-state index contributed by atoms with van der Waals surface area (Å²) in [6.07, 6.45) is 8.64. The summed E-state index contributed by atoms with van der Waals surface area (Å²) in [6, 6.07) is 0.727. The normalized spacial score (nSPS) is 20.3. The molecule has 102 valence electrons. The van der Waals surface area contributed by atoms with Crippen LogP contribution in [0, 0.1) is 0 Å². The van der Waals surface area contributed by atoms with Gasteiger partial charge in [0, 0.05) is 19.2 Å². The van der Waals surface area contributed by atoms with Crippen molar-refractivity contribution in [2.75, 3.05) is 32.8 Å². The quantitative estimate of drug-likeness (QED) is 0.575. The Morgan fingerprint density at radius 1 is 1.18 bits per heavy atom. The van der Waals surface area contributed by atoms with E-state index in [0.717, 1.165) is 18.9 Å². The summed E-state index contributed by atoms with van der Waals surface area (Å²) in [5, 5.41) is 12.4. The predicted molar refractivity (Wildman–Crippen MR) is 73.3 cm³/mol. The van der Waals surface area contributed by atoms with Crippen molar-refractivity contribution in [2.45, 2.75) is 57.9 Å². The van der Waals surface area contributed by atoms with E-state index in [-0.39, 0.29) is 0 Å². The number of nitrogens with zero attached hydrogens (tertiary/aromatic N) is 1. The lowest BCUT2D eigenvalue weighted by Gasteiger charge is -2.25. The van der Waals surface area contributed by atoms with Gasteiger partial charge < -0.3 is 15.3 Å². The monoisotopic (exact) mass is 242 g/mol. The summed E-state index contributed by atoms with van der Waals surface area (Å²) in [6.45, 7) is 7.48. The van der Waals surface area contributed by atoms with E-state index in [2.05, 4.69) is 17.1 Å². The number of hydrogen-bond acceptors (Lipinski definition) is 3. The van der Waals surface area contributed by atoms with Crippen molar-refractivity contribution >= 4 is 0 Å². The zero-order valence-corrected chi connectivity index (χ0v) is 11.5. The van der Waals surface area contributed by atoms with Crippen molar-refractivity contribution in [3.63, 3.8) is 0 Å². The van der Waals surface area contributed by atoms with E-state index in [4.69, 9.17) is 5.11 Å². The molecule has 0 aromatic heterocycles. The van der Waals surface area contributed by atoms with Crippen molar-refractivity contribution in [1.29, 1.82) is 0 Å². The molecule has 0 aliphatic carbocycles. The second-order valence-corrected chi connectivity index (χ2v) is 5.23. The van der Waals surface area contributed by atoms with Gasteiger partial charge in [-0.05, 0) is 58.2 Å². The molecular weight excluding hydrogens is 212 g/mol. The first kappa shape index (κ1) is 14.9. The minimum atomic E-state index is 0.346. The van der Waals surface area contributed by atoms with Crippen LogP contribution < -0.4 is 5.32 Å². The minimum Gasteiger partial charge on any atom is -0.396 e. The molecule has 1 heterocycles. The summed E-state index contributed by atoms with van der Waals surface area (Å²) in [4.78, 5) is 2.61. The molecule has 3 heteroatoms. The number of aliphatic hydroxyl groups excluding tert-OH is 1. The molecule has 0 aromatic rings. The third-order valence-electron chi connectivity index (χ3n) is 3.60. The van der Waals surface area contributed by atoms with E-state index in [0.29, 0.717) is 6.61 Å². The van der Waals surface area contributed by atoms with Crippen molar-refractivity contribution in [3.8, 4) is 0 Å². The number of hydrogen-bond donors (Lipinski definition) is 2. The van der Waals surface area contributed by atoms with Crippen LogP contribution in [0.15, 0.2) is 0 Å². The van der Waals surface area contributed by atoms with Gasteiger partial charge in [0.15, 0.2) is 0 Å². The van der Waals surface area contributed by atoms with Crippen molar-refractivity contribution in [2.24, 2.45) is 0 Å². The van der Waals surface area contributed by atoms with E-state index in [1.807, 2.05) is 0 Å². The van der Waals surface area contributed by atoms with Crippen molar-refractivity contribution in [1.82, 2.24) is 10.2 Å². The number of rotatable bonds is 10. The Labute approximate surface area is 107 Å². The molecule has 1 saturated heterocycles. The topological polar surface area (TPSA) is 35.5 Å². The first-order valence-electron chi connectivity index (χ1n) is 7.43. The van der Waals surface area contributed by atoms with Crippen LogP contribution in [0.2, 0.25) is 0 Å². The first-order valence-corrected chi connectivity index (χ1v) is 7.43. The van der Waals surface area contributed by atoms with E-state index in [1.165, 1.54) is 58.3 Å². The van der Waals surface area contributed by atoms with Crippen LogP contribution in [0.25, 0.3) is 0 Å². The van der Waals surface area contributed by atoms with E-state index < -0.39 is 0 Å². The van der Waals surface area contributed by atoms with Crippen LogP contribution in [0.3, 0.4) is 0 Å². The van der Waals surface area contributed by atoms with Gasteiger partial charge in [0.25, 0.3) is 0 Å². The van der Waals surface area contributed by atoms with Crippen LogP contribution in [0.5, 0.6) is 0 Å². The van der Waals surface area contributed by atoms with Gasteiger partial charge in [0.05, 0.1) is 0 Å². The molecule has 0 spiro atoms. The standard InChI is InChI=1S/C14H30N2O/c1-2-3-10-16(11-5-4-6-12-17)13-14-8-7-9-15-14/h14-15,17H,2-13H2,1H3. The Morgan fingerprint density at radius 3 is 2.65 bits per heavy atom. The maximum absolute atomic E-state index is 8.78. The van der Waals surface area contributed by atoms with Gasteiger partial charge in [-0.25, -0.2) is 0 Å². The predicted octanol–water partition coefficient (Wildman–Crippen LogP) is 2.00. The molecule has 1 aliphatic rings. The van der Waals surface area contributed by atoms with Crippen LogP contribution in [0.1, 0.15) is 51.9 Å². The van der Waals surface area contributed by atoms with Gasteiger partial charge in [0.1, 0.15) is 0 Å². The number of aliphatic hydroxyl groups is 1. The van der Waals surface area contributed by atoms with Crippen LogP contribution in [-0.4, -0.2) is 48.8 Å². The fourth-order valence-corrected chi connectivity index (χ4v) is 2.52. The zero-order chi connectivity index (χ0) is 12.3. The van der Waals surface area contributed by atoms with E-state index in [1.54, 1.807) is 0 Å². The lowest BCUT2D eigenvalue weighted by atomic mass is 10.2. The maximum atomic E-state index is 8.78. The van der Waals surface area contributed by atoms with E-state index >= 15 is 0 Å². The largest absolute Gasteiger partial charge is 0.396 e. The van der Waals surface area contributed by atoms with Gasteiger partial charge in [-0.3, -0.25) is 0 Å². The van der Waals surface area contributed by atoms with Gasteiger partial charge in [-0.2, -0.15) is 0 Å². The Hall–Kier alpha value is -0.120. The van der Waals surface area contributed by atoms with Crippen LogP contribution in [0.4, 0.5) is 0 Å². The first-order chi connectivity index (χ1) is 8.36. The SMILES string of the molecule is CCCCN(CCCCCO)CC1CCCN1. The summed E-state index contributed by atoms with van der Waals surface area (Å²) < 4.78 is 0. The lowest BCUT2D eigenvalue weighted by Crippen LogP contribution is -2.38. The summed E-state index contributed by atoms with van der Waals surface area (Å²) in [5.41, 5.74) is 0. The summed E-state index contributed by atoms with van der Waals surface area (Å²) in [5.74, 6) is 0. The molecule has 17 heavy (non-hydrogen) atoms. The highest BCUT2D eigenvalue weighted by molar-refractivity contribution is 4.77. The Morgan fingerprint density at radius 2 is 2.00 bits per heavy atom. The highest BCUT2D eigenvalue weighted by atomic mass is 16.2. The third-order valence-corrected chi connectivity index (χ3v) is 3.60. The molecule has 1 rings (SSSR count). The summed E-state index contributed by atoms with van der Waals surface area (Å²) >= 11 is 0. The van der Waals surface area contributed by atoms with Crippen LogP contribution in [-0.2, 0) is 0 Å². The second kappa shape index (κ2) is 9.86. The van der Waals surface area contributed by atoms with E-state index in [9.17, 15) is 0 Å². The Balaban J connectivity index is 2.16. The average Bonchev–Trinajstić information content (AvgIpc) is 2.84. The average molecular weight is 242 g/mol. The third kappa shape index (κ3) is 7.02. The van der Waals surface area contributed by atoms with Crippen molar-refractivity contribution < 1.29 is 5.11 Å².